The third-order valence-electron chi connectivity index (χ3n) is 5.64. The van der Waals surface area contributed by atoms with Gasteiger partial charge in [-0.3, -0.25) is 10.1 Å². The molecule has 0 spiro atoms. The van der Waals surface area contributed by atoms with Crippen LogP contribution in [0.25, 0.3) is 0 Å². The molecule has 1 saturated heterocycles. The Labute approximate surface area is 118 Å². The fourth-order valence-electron chi connectivity index (χ4n) is 3.81. The van der Waals surface area contributed by atoms with Gasteiger partial charge in [-0.2, -0.15) is 0 Å². The minimum absolute atomic E-state index is 0.232. The molecule has 0 aromatic rings. The maximum absolute atomic E-state index is 12.8. The van der Waals surface area contributed by atoms with Crippen molar-refractivity contribution in [3.63, 3.8) is 0 Å². The van der Waals surface area contributed by atoms with Gasteiger partial charge in [-0.15, -0.1) is 0 Å². The molecule has 2 rings (SSSR count). The second kappa shape index (κ2) is 5.43. The van der Waals surface area contributed by atoms with E-state index in [1.807, 2.05) is 0 Å². The summed E-state index contributed by atoms with van der Waals surface area (Å²) in [5, 5.41) is 3.58. The molecular weight excluding hydrogens is 236 g/mol. The Morgan fingerprint density at radius 1 is 1.32 bits per heavy atom. The van der Waals surface area contributed by atoms with Crippen LogP contribution in [0.15, 0.2) is 0 Å². The molecule has 110 valence electrons. The van der Waals surface area contributed by atoms with Crippen LogP contribution in [0.2, 0.25) is 0 Å². The molecule has 3 heteroatoms. The first-order chi connectivity index (χ1) is 8.94. The van der Waals surface area contributed by atoms with Crippen LogP contribution in [0.1, 0.15) is 66.7 Å². The van der Waals surface area contributed by atoms with Gasteiger partial charge in [0.1, 0.15) is 0 Å². The zero-order valence-electron chi connectivity index (χ0n) is 13.2. The van der Waals surface area contributed by atoms with Crippen LogP contribution in [-0.4, -0.2) is 28.6 Å². The lowest BCUT2D eigenvalue weighted by Crippen LogP contribution is -2.50. The van der Waals surface area contributed by atoms with Gasteiger partial charge < -0.3 is 4.90 Å². The lowest BCUT2D eigenvalue weighted by molar-refractivity contribution is -0.137. The van der Waals surface area contributed by atoms with Crippen LogP contribution in [-0.2, 0) is 4.79 Å². The van der Waals surface area contributed by atoms with E-state index in [0.29, 0.717) is 17.9 Å². The first kappa shape index (κ1) is 14.8. The Bertz CT molecular complexity index is 344. The van der Waals surface area contributed by atoms with Gasteiger partial charge in [0, 0.05) is 6.04 Å². The highest BCUT2D eigenvalue weighted by Crippen LogP contribution is 2.37. The van der Waals surface area contributed by atoms with E-state index < -0.39 is 0 Å². The van der Waals surface area contributed by atoms with Crippen molar-refractivity contribution >= 4 is 5.91 Å². The Balaban J connectivity index is 2.24. The minimum atomic E-state index is -0.346. The van der Waals surface area contributed by atoms with Gasteiger partial charge in [-0.05, 0) is 38.0 Å². The predicted octanol–water partition coefficient (Wildman–Crippen LogP) is 3.15. The highest BCUT2D eigenvalue weighted by atomic mass is 16.2. The van der Waals surface area contributed by atoms with E-state index in [4.69, 9.17) is 0 Å². The SMILES string of the molecule is CCC1NC(C)(CC)C(=O)N1C1CCCC(C)C1C. The summed E-state index contributed by atoms with van der Waals surface area (Å²) in [6.45, 7) is 11.0. The molecule has 0 radical (unpaired) electrons. The molecule has 5 atom stereocenters. The third-order valence-corrected chi connectivity index (χ3v) is 5.64. The van der Waals surface area contributed by atoms with E-state index in [9.17, 15) is 4.79 Å². The van der Waals surface area contributed by atoms with Gasteiger partial charge in [0.05, 0.1) is 11.7 Å². The fraction of sp³-hybridized carbons (Fsp3) is 0.938. The van der Waals surface area contributed by atoms with Gasteiger partial charge in [0.25, 0.3) is 0 Å². The molecule has 2 aliphatic rings. The number of nitrogens with one attached hydrogen (secondary N) is 1. The summed E-state index contributed by atoms with van der Waals surface area (Å²) in [4.78, 5) is 15.0. The van der Waals surface area contributed by atoms with Crippen molar-refractivity contribution in [3.8, 4) is 0 Å². The third kappa shape index (κ3) is 2.42. The predicted molar refractivity (Wildman–Crippen MR) is 78.7 cm³/mol. The second-order valence-electron chi connectivity index (χ2n) is 6.80. The zero-order valence-corrected chi connectivity index (χ0v) is 13.2. The molecule has 0 aromatic carbocycles. The maximum atomic E-state index is 12.8. The van der Waals surface area contributed by atoms with Crippen molar-refractivity contribution in [1.82, 2.24) is 10.2 Å². The summed E-state index contributed by atoms with van der Waals surface area (Å²) in [5.74, 6) is 1.68. The monoisotopic (exact) mass is 266 g/mol. The van der Waals surface area contributed by atoms with Crippen molar-refractivity contribution in [2.24, 2.45) is 11.8 Å². The van der Waals surface area contributed by atoms with Gasteiger partial charge in [0.15, 0.2) is 0 Å². The van der Waals surface area contributed by atoms with Crippen LogP contribution in [0.4, 0.5) is 0 Å². The number of hydrogen-bond acceptors (Lipinski definition) is 2. The molecule has 0 aromatic heterocycles. The Morgan fingerprint density at radius 3 is 2.58 bits per heavy atom. The standard InChI is InChI=1S/C16H30N2O/c1-6-14-17-16(5,7-2)15(19)18(14)13-10-8-9-11(3)12(13)4/h11-14,17H,6-10H2,1-5H3. The molecule has 1 saturated carbocycles. The van der Waals surface area contributed by atoms with E-state index in [-0.39, 0.29) is 11.7 Å². The van der Waals surface area contributed by atoms with E-state index in [1.54, 1.807) is 0 Å². The summed E-state index contributed by atoms with van der Waals surface area (Å²) in [6.07, 6.45) is 5.85. The maximum Gasteiger partial charge on any atom is 0.244 e. The first-order valence-corrected chi connectivity index (χ1v) is 8.05. The number of nitrogens with zero attached hydrogens (tertiary/aromatic N) is 1. The molecular formula is C16H30N2O. The molecule has 19 heavy (non-hydrogen) atoms. The van der Waals surface area contributed by atoms with Crippen molar-refractivity contribution < 1.29 is 4.79 Å². The molecule has 1 aliphatic heterocycles. The second-order valence-corrected chi connectivity index (χ2v) is 6.80. The van der Waals surface area contributed by atoms with Gasteiger partial charge in [0.2, 0.25) is 5.91 Å². The van der Waals surface area contributed by atoms with E-state index in [0.717, 1.165) is 18.8 Å². The highest BCUT2D eigenvalue weighted by Gasteiger charge is 2.50. The number of rotatable bonds is 3. The molecule has 5 unspecified atom stereocenters. The number of amides is 1. The van der Waals surface area contributed by atoms with Crippen LogP contribution in [0.5, 0.6) is 0 Å². The lowest BCUT2D eigenvalue weighted by atomic mass is 9.77. The van der Waals surface area contributed by atoms with Crippen molar-refractivity contribution in [2.45, 2.75) is 84.5 Å². The Morgan fingerprint density at radius 2 is 2.00 bits per heavy atom. The lowest BCUT2D eigenvalue weighted by Gasteiger charge is -2.42. The van der Waals surface area contributed by atoms with Crippen LogP contribution < -0.4 is 5.32 Å². The summed E-state index contributed by atoms with van der Waals surface area (Å²) >= 11 is 0. The summed E-state index contributed by atoms with van der Waals surface area (Å²) in [6, 6.07) is 0.432. The minimum Gasteiger partial charge on any atom is -0.322 e. The molecule has 0 bridgehead atoms. The van der Waals surface area contributed by atoms with E-state index >= 15 is 0 Å². The van der Waals surface area contributed by atoms with Crippen LogP contribution in [0, 0.1) is 11.8 Å². The van der Waals surface area contributed by atoms with Crippen LogP contribution >= 0.6 is 0 Å². The van der Waals surface area contributed by atoms with Crippen LogP contribution in [0.3, 0.4) is 0 Å². The zero-order chi connectivity index (χ0) is 14.2. The molecule has 1 amide bonds. The number of carbonyl (C=O) groups is 1. The summed E-state index contributed by atoms with van der Waals surface area (Å²) < 4.78 is 0. The average molecular weight is 266 g/mol. The average Bonchev–Trinajstić information content (AvgIpc) is 2.66. The molecule has 3 nitrogen and oxygen atoms in total. The van der Waals surface area contributed by atoms with Crippen molar-refractivity contribution in [2.75, 3.05) is 0 Å². The molecule has 1 N–H and O–H groups in total. The van der Waals surface area contributed by atoms with E-state index in [1.165, 1.54) is 19.3 Å². The van der Waals surface area contributed by atoms with Gasteiger partial charge >= 0.3 is 0 Å². The van der Waals surface area contributed by atoms with Gasteiger partial charge in [-0.25, -0.2) is 0 Å². The topological polar surface area (TPSA) is 32.3 Å². The fourth-order valence-corrected chi connectivity index (χ4v) is 3.81. The van der Waals surface area contributed by atoms with Crippen molar-refractivity contribution in [3.05, 3.63) is 0 Å². The number of carbonyl (C=O) groups excluding carboxylic acids is 1. The largest absolute Gasteiger partial charge is 0.322 e. The Hall–Kier alpha value is -0.570. The van der Waals surface area contributed by atoms with Crippen molar-refractivity contribution in [1.29, 1.82) is 0 Å². The first-order valence-electron chi connectivity index (χ1n) is 8.05. The molecule has 1 aliphatic carbocycles. The van der Waals surface area contributed by atoms with Gasteiger partial charge in [-0.1, -0.05) is 40.5 Å². The molecule has 2 fully saturated rings. The number of hydrogen-bond donors (Lipinski definition) is 1. The summed E-state index contributed by atoms with van der Waals surface area (Å²) in [7, 11) is 0. The smallest absolute Gasteiger partial charge is 0.244 e. The molecule has 1 heterocycles. The quantitative estimate of drug-likeness (QED) is 0.851. The Kier molecular flexibility index (Phi) is 4.24. The summed E-state index contributed by atoms with van der Waals surface area (Å²) in [5.41, 5.74) is -0.346. The van der Waals surface area contributed by atoms with E-state index in [2.05, 4.69) is 44.8 Å². The highest BCUT2D eigenvalue weighted by molar-refractivity contribution is 5.88. The normalized spacial score (nSPS) is 43.8.